The molecule has 0 spiro atoms. The fourth-order valence-corrected chi connectivity index (χ4v) is 3.43. The van der Waals surface area contributed by atoms with Crippen LogP contribution in [0.5, 0.6) is 0 Å². The van der Waals surface area contributed by atoms with Crippen LogP contribution in [0.2, 0.25) is 38.8 Å². The molecule has 0 aliphatic carbocycles. The molecule has 0 amide bonds. The van der Waals surface area contributed by atoms with Crippen LogP contribution in [0.15, 0.2) is 12.3 Å². The third-order valence-electron chi connectivity index (χ3n) is 2.41. The Labute approximate surface area is 92.0 Å². The molecular weight excluding hydrogens is 202 g/mol. The molecule has 0 saturated carbocycles. The standard InChI is InChI=1S/C11H27NSi2/c1-7-14(5,6)11-12-9-8-10-13(2,3)4/h7,12H,1,8-11H2,2-6H3. The zero-order valence-corrected chi connectivity index (χ0v) is 12.6. The van der Waals surface area contributed by atoms with E-state index in [0.717, 1.165) is 0 Å². The summed E-state index contributed by atoms with van der Waals surface area (Å²) in [5, 5.41) is 3.56. The molecule has 0 rings (SSSR count). The molecule has 3 heteroatoms. The molecule has 0 unspecified atom stereocenters. The van der Waals surface area contributed by atoms with Crippen LogP contribution < -0.4 is 5.32 Å². The highest BCUT2D eigenvalue weighted by Crippen LogP contribution is 2.10. The van der Waals surface area contributed by atoms with Crippen molar-refractivity contribution in [1.29, 1.82) is 0 Å². The maximum Gasteiger partial charge on any atom is 0.0851 e. The van der Waals surface area contributed by atoms with Gasteiger partial charge in [0.15, 0.2) is 0 Å². The van der Waals surface area contributed by atoms with E-state index in [4.69, 9.17) is 0 Å². The topological polar surface area (TPSA) is 12.0 Å². The van der Waals surface area contributed by atoms with Crippen LogP contribution >= 0.6 is 0 Å². The Balaban J connectivity index is 3.44. The first-order chi connectivity index (χ1) is 6.27. The SMILES string of the molecule is C=C[Si](C)(C)CNCCC[Si](C)(C)C. The van der Waals surface area contributed by atoms with Crippen LogP contribution in [0.1, 0.15) is 6.42 Å². The summed E-state index contributed by atoms with van der Waals surface area (Å²) in [5.41, 5.74) is 2.17. The number of nitrogens with one attached hydrogen (secondary N) is 1. The first kappa shape index (κ1) is 14.1. The lowest BCUT2D eigenvalue weighted by Gasteiger charge is -2.19. The van der Waals surface area contributed by atoms with Gasteiger partial charge in [-0.3, -0.25) is 0 Å². The normalized spacial score (nSPS) is 12.9. The van der Waals surface area contributed by atoms with Crippen molar-refractivity contribution in [2.45, 2.75) is 45.2 Å². The highest BCUT2D eigenvalue weighted by molar-refractivity contribution is 6.82. The molecule has 14 heavy (non-hydrogen) atoms. The van der Waals surface area contributed by atoms with Gasteiger partial charge in [0.1, 0.15) is 0 Å². The summed E-state index contributed by atoms with van der Waals surface area (Å²) in [5.74, 6) is 0. The van der Waals surface area contributed by atoms with Crippen LogP contribution in [0.25, 0.3) is 0 Å². The molecule has 0 fully saturated rings. The molecule has 0 atom stereocenters. The van der Waals surface area contributed by atoms with E-state index in [1.54, 1.807) is 0 Å². The Kier molecular flexibility index (Phi) is 5.94. The minimum Gasteiger partial charge on any atom is -0.319 e. The third-order valence-corrected chi connectivity index (χ3v) is 6.53. The molecule has 0 aromatic rings. The summed E-state index contributed by atoms with van der Waals surface area (Å²) in [6, 6.07) is 1.44. The van der Waals surface area contributed by atoms with Gasteiger partial charge in [0.05, 0.1) is 8.07 Å². The monoisotopic (exact) mass is 229 g/mol. The van der Waals surface area contributed by atoms with Crippen molar-refractivity contribution in [3.63, 3.8) is 0 Å². The quantitative estimate of drug-likeness (QED) is 0.522. The van der Waals surface area contributed by atoms with Gasteiger partial charge in [-0.1, -0.05) is 38.8 Å². The maximum absolute atomic E-state index is 3.90. The lowest BCUT2D eigenvalue weighted by atomic mass is 10.5. The minimum absolute atomic E-state index is 0.810. The zero-order chi connectivity index (χ0) is 11.2. The van der Waals surface area contributed by atoms with Crippen LogP contribution in [0.3, 0.4) is 0 Å². The average Bonchev–Trinajstić information content (AvgIpc) is 2.01. The molecule has 0 aliphatic heterocycles. The second-order valence-corrected chi connectivity index (χ2v) is 16.4. The Morgan fingerprint density at radius 3 is 2.14 bits per heavy atom. The fourth-order valence-electron chi connectivity index (χ4n) is 1.23. The largest absolute Gasteiger partial charge is 0.319 e. The Bertz CT molecular complexity index is 171. The molecule has 0 heterocycles. The van der Waals surface area contributed by atoms with Crippen molar-refractivity contribution in [2.75, 3.05) is 12.7 Å². The smallest absolute Gasteiger partial charge is 0.0851 e. The average molecular weight is 230 g/mol. The van der Waals surface area contributed by atoms with Crippen molar-refractivity contribution in [1.82, 2.24) is 5.32 Å². The van der Waals surface area contributed by atoms with Crippen molar-refractivity contribution >= 4 is 16.1 Å². The summed E-state index contributed by atoms with van der Waals surface area (Å²) >= 11 is 0. The van der Waals surface area contributed by atoms with E-state index in [2.05, 4.69) is 50.3 Å². The van der Waals surface area contributed by atoms with E-state index in [9.17, 15) is 0 Å². The van der Waals surface area contributed by atoms with Gasteiger partial charge in [0, 0.05) is 8.07 Å². The zero-order valence-electron chi connectivity index (χ0n) is 10.6. The van der Waals surface area contributed by atoms with Crippen LogP contribution in [0, 0.1) is 0 Å². The summed E-state index contributed by atoms with van der Waals surface area (Å²) in [7, 11) is -1.92. The molecule has 0 aromatic carbocycles. The molecule has 84 valence electrons. The minimum atomic E-state index is -1.11. The molecule has 0 radical (unpaired) electrons. The van der Waals surface area contributed by atoms with Gasteiger partial charge >= 0.3 is 0 Å². The van der Waals surface area contributed by atoms with E-state index in [1.165, 1.54) is 25.2 Å². The van der Waals surface area contributed by atoms with E-state index in [-0.39, 0.29) is 0 Å². The summed E-state index contributed by atoms with van der Waals surface area (Å²) < 4.78 is 0. The maximum atomic E-state index is 3.90. The van der Waals surface area contributed by atoms with Crippen molar-refractivity contribution in [3.8, 4) is 0 Å². The lowest BCUT2D eigenvalue weighted by molar-refractivity contribution is 0.737. The molecular formula is C11H27NSi2. The molecule has 1 nitrogen and oxygen atoms in total. The van der Waals surface area contributed by atoms with Gasteiger partial charge in [0.2, 0.25) is 0 Å². The molecule has 1 N–H and O–H groups in total. The number of hydrogen-bond donors (Lipinski definition) is 1. The second-order valence-electron chi connectivity index (χ2n) is 6.03. The Morgan fingerprint density at radius 1 is 1.14 bits per heavy atom. The van der Waals surface area contributed by atoms with E-state index in [0.29, 0.717) is 0 Å². The van der Waals surface area contributed by atoms with Crippen LogP contribution in [0.4, 0.5) is 0 Å². The van der Waals surface area contributed by atoms with Crippen LogP contribution in [-0.4, -0.2) is 28.9 Å². The molecule has 0 bridgehead atoms. The Hall–Kier alpha value is 0.134. The van der Waals surface area contributed by atoms with Crippen molar-refractivity contribution in [2.24, 2.45) is 0 Å². The van der Waals surface area contributed by atoms with Gasteiger partial charge < -0.3 is 5.32 Å². The number of rotatable bonds is 7. The van der Waals surface area contributed by atoms with Gasteiger partial charge in [-0.25, -0.2) is 0 Å². The highest BCUT2D eigenvalue weighted by Gasteiger charge is 2.15. The summed E-state index contributed by atoms with van der Waals surface area (Å²) in [6.45, 7) is 17.1. The first-order valence-corrected chi connectivity index (χ1v) is 12.6. The van der Waals surface area contributed by atoms with Gasteiger partial charge in [-0.15, -0.1) is 12.3 Å². The molecule has 0 aliphatic rings. The second kappa shape index (κ2) is 5.88. The predicted molar refractivity (Wildman–Crippen MR) is 73.3 cm³/mol. The van der Waals surface area contributed by atoms with Gasteiger partial charge in [0.25, 0.3) is 0 Å². The number of hydrogen-bond acceptors (Lipinski definition) is 1. The van der Waals surface area contributed by atoms with E-state index < -0.39 is 16.1 Å². The van der Waals surface area contributed by atoms with Gasteiger partial charge in [-0.2, -0.15) is 0 Å². The third kappa shape index (κ3) is 8.72. The lowest BCUT2D eigenvalue weighted by Crippen LogP contribution is -2.38. The summed E-state index contributed by atoms with van der Waals surface area (Å²) in [6.07, 6.45) is 2.53. The summed E-state index contributed by atoms with van der Waals surface area (Å²) in [4.78, 5) is 0. The molecule has 0 saturated heterocycles. The van der Waals surface area contributed by atoms with Crippen LogP contribution in [-0.2, 0) is 0 Å². The van der Waals surface area contributed by atoms with Crippen molar-refractivity contribution in [3.05, 3.63) is 12.3 Å². The highest BCUT2D eigenvalue weighted by atomic mass is 28.3. The van der Waals surface area contributed by atoms with E-state index in [1.807, 2.05) is 0 Å². The predicted octanol–water partition coefficient (Wildman–Crippen LogP) is 3.28. The fraction of sp³-hybridized carbons (Fsp3) is 0.818. The first-order valence-electron chi connectivity index (χ1n) is 5.61. The van der Waals surface area contributed by atoms with E-state index >= 15 is 0 Å². The molecule has 0 aromatic heterocycles. The Morgan fingerprint density at radius 2 is 1.71 bits per heavy atom. The van der Waals surface area contributed by atoms with Gasteiger partial charge in [-0.05, 0) is 19.1 Å². The van der Waals surface area contributed by atoms with Crippen molar-refractivity contribution < 1.29 is 0 Å².